The minimum absolute atomic E-state index is 0.259. The molecule has 1 atom stereocenters. The van der Waals surface area contributed by atoms with Gasteiger partial charge < -0.3 is 4.74 Å². The van der Waals surface area contributed by atoms with Gasteiger partial charge in [-0.25, -0.2) is 4.39 Å². The largest absolute Gasteiger partial charge is 0.356 e. The van der Waals surface area contributed by atoms with E-state index in [-0.39, 0.29) is 5.56 Å². The Labute approximate surface area is 96.8 Å². The molecule has 2 nitrogen and oxygen atoms in total. The van der Waals surface area contributed by atoms with Crippen LogP contribution in [0.2, 0.25) is 0 Å². The highest BCUT2D eigenvalue weighted by Crippen LogP contribution is 2.28. The van der Waals surface area contributed by atoms with Crippen molar-refractivity contribution in [1.82, 2.24) is 0 Å². The highest BCUT2D eigenvalue weighted by Gasteiger charge is 2.29. The molecule has 0 saturated carbocycles. The number of rotatable bonds is 3. The molecule has 15 heavy (non-hydrogen) atoms. The van der Waals surface area contributed by atoms with E-state index in [0.29, 0.717) is 11.1 Å². The van der Waals surface area contributed by atoms with E-state index in [1.165, 1.54) is 6.07 Å². The normalized spacial score (nSPS) is 14.3. The summed E-state index contributed by atoms with van der Waals surface area (Å²) in [5, 5.41) is 9.01. The highest BCUT2D eigenvalue weighted by molar-refractivity contribution is 9.10. The van der Waals surface area contributed by atoms with Crippen molar-refractivity contribution in [2.45, 2.75) is 19.4 Å². The molecule has 4 heteroatoms. The van der Waals surface area contributed by atoms with E-state index >= 15 is 0 Å². The summed E-state index contributed by atoms with van der Waals surface area (Å²) in [5.74, 6) is -0.443. The molecule has 0 saturated heterocycles. The Morgan fingerprint density at radius 2 is 2.27 bits per heavy atom. The summed E-state index contributed by atoms with van der Waals surface area (Å²) >= 11 is 3.16. The van der Waals surface area contributed by atoms with Gasteiger partial charge in [-0.3, -0.25) is 0 Å². The third-order valence-corrected chi connectivity index (χ3v) is 2.58. The fourth-order valence-electron chi connectivity index (χ4n) is 1.34. The van der Waals surface area contributed by atoms with Crippen LogP contribution >= 0.6 is 15.9 Å². The van der Waals surface area contributed by atoms with Gasteiger partial charge in [-0.05, 0) is 26.0 Å². The molecule has 1 rings (SSSR count). The monoisotopic (exact) mass is 271 g/mol. The standard InChI is InChI=1S/C11H11BrFNO/c1-3-15-11(2,7-14)9-5-4-8(12)6-10(9)13/h4-6H,3H2,1-2H3. The minimum atomic E-state index is -1.22. The third-order valence-electron chi connectivity index (χ3n) is 2.09. The summed E-state index contributed by atoms with van der Waals surface area (Å²) in [5.41, 5.74) is -0.963. The second kappa shape index (κ2) is 4.73. The van der Waals surface area contributed by atoms with Gasteiger partial charge in [-0.1, -0.05) is 22.0 Å². The molecule has 0 heterocycles. The molecule has 0 N–H and O–H groups in total. The number of nitriles is 1. The number of ether oxygens (including phenoxy) is 1. The zero-order chi connectivity index (χ0) is 11.5. The van der Waals surface area contributed by atoms with Gasteiger partial charge in [0.15, 0.2) is 5.60 Å². The van der Waals surface area contributed by atoms with Crippen molar-refractivity contribution >= 4 is 15.9 Å². The molecule has 0 aliphatic heterocycles. The van der Waals surface area contributed by atoms with Gasteiger partial charge in [-0.15, -0.1) is 0 Å². The first-order valence-corrected chi connectivity index (χ1v) is 5.33. The topological polar surface area (TPSA) is 33.0 Å². The average Bonchev–Trinajstić information content (AvgIpc) is 2.17. The van der Waals surface area contributed by atoms with Crippen LogP contribution in [0.1, 0.15) is 19.4 Å². The lowest BCUT2D eigenvalue weighted by Gasteiger charge is -2.22. The van der Waals surface area contributed by atoms with Gasteiger partial charge >= 0.3 is 0 Å². The van der Waals surface area contributed by atoms with E-state index in [0.717, 1.165) is 0 Å². The van der Waals surface area contributed by atoms with Crippen LogP contribution in [0.4, 0.5) is 4.39 Å². The van der Waals surface area contributed by atoms with Crippen molar-refractivity contribution in [3.63, 3.8) is 0 Å². The summed E-state index contributed by atoms with van der Waals surface area (Å²) in [7, 11) is 0. The van der Waals surface area contributed by atoms with Crippen molar-refractivity contribution in [2.24, 2.45) is 0 Å². The van der Waals surface area contributed by atoms with Crippen molar-refractivity contribution in [1.29, 1.82) is 5.26 Å². The van der Waals surface area contributed by atoms with Gasteiger partial charge in [0.25, 0.3) is 0 Å². The summed E-state index contributed by atoms with van der Waals surface area (Å²) in [6.45, 7) is 3.69. The molecule has 1 aromatic carbocycles. The Morgan fingerprint density at radius 1 is 1.60 bits per heavy atom. The van der Waals surface area contributed by atoms with E-state index in [9.17, 15) is 4.39 Å². The predicted molar refractivity (Wildman–Crippen MR) is 58.7 cm³/mol. The van der Waals surface area contributed by atoms with E-state index < -0.39 is 11.4 Å². The second-order valence-electron chi connectivity index (χ2n) is 3.20. The number of hydrogen-bond acceptors (Lipinski definition) is 2. The lowest BCUT2D eigenvalue weighted by Crippen LogP contribution is -2.25. The van der Waals surface area contributed by atoms with Crippen LogP contribution in [-0.4, -0.2) is 6.61 Å². The molecule has 1 unspecified atom stereocenters. The zero-order valence-corrected chi connectivity index (χ0v) is 10.1. The molecular formula is C11H11BrFNO. The summed E-state index contributed by atoms with van der Waals surface area (Å²) in [6.07, 6.45) is 0. The summed E-state index contributed by atoms with van der Waals surface area (Å²) in [4.78, 5) is 0. The predicted octanol–water partition coefficient (Wildman–Crippen LogP) is 3.36. The first-order valence-electron chi connectivity index (χ1n) is 4.54. The second-order valence-corrected chi connectivity index (χ2v) is 4.12. The van der Waals surface area contributed by atoms with Crippen LogP contribution in [0.25, 0.3) is 0 Å². The maximum Gasteiger partial charge on any atom is 0.179 e. The summed E-state index contributed by atoms with van der Waals surface area (Å²) in [6, 6.07) is 6.54. The van der Waals surface area contributed by atoms with Gasteiger partial charge in [0.2, 0.25) is 0 Å². The van der Waals surface area contributed by atoms with Gasteiger partial charge in [0, 0.05) is 16.6 Å². The molecule has 0 amide bonds. The van der Waals surface area contributed by atoms with E-state index in [2.05, 4.69) is 15.9 Å². The quantitative estimate of drug-likeness (QED) is 0.845. The van der Waals surface area contributed by atoms with E-state index in [1.807, 2.05) is 6.07 Å². The maximum atomic E-state index is 13.6. The van der Waals surface area contributed by atoms with E-state index in [1.54, 1.807) is 26.0 Å². The third kappa shape index (κ3) is 2.55. The molecule has 0 aliphatic rings. The highest BCUT2D eigenvalue weighted by atomic mass is 79.9. The van der Waals surface area contributed by atoms with Crippen molar-refractivity contribution in [3.05, 3.63) is 34.1 Å². The Kier molecular flexibility index (Phi) is 3.83. The number of benzene rings is 1. The number of nitrogens with zero attached hydrogens (tertiary/aromatic N) is 1. The van der Waals surface area contributed by atoms with Gasteiger partial charge in [0.05, 0.1) is 0 Å². The molecule has 0 aliphatic carbocycles. The smallest absolute Gasteiger partial charge is 0.179 e. The van der Waals surface area contributed by atoms with Crippen LogP contribution in [0.5, 0.6) is 0 Å². The molecule has 80 valence electrons. The van der Waals surface area contributed by atoms with E-state index in [4.69, 9.17) is 10.00 Å². The molecule has 0 aromatic heterocycles. The van der Waals surface area contributed by atoms with Gasteiger partial charge in [0.1, 0.15) is 11.9 Å². The SMILES string of the molecule is CCOC(C)(C#N)c1ccc(Br)cc1F. The van der Waals surface area contributed by atoms with Crippen LogP contribution in [0, 0.1) is 17.1 Å². The first kappa shape index (κ1) is 12.2. The Morgan fingerprint density at radius 3 is 2.73 bits per heavy atom. The van der Waals surface area contributed by atoms with Crippen LogP contribution in [0.15, 0.2) is 22.7 Å². The van der Waals surface area contributed by atoms with Crippen LogP contribution < -0.4 is 0 Å². The fraction of sp³-hybridized carbons (Fsp3) is 0.364. The van der Waals surface area contributed by atoms with Crippen molar-refractivity contribution in [3.8, 4) is 6.07 Å². The first-order chi connectivity index (χ1) is 7.03. The molecule has 0 radical (unpaired) electrons. The molecular weight excluding hydrogens is 261 g/mol. The zero-order valence-electron chi connectivity index (χ0n) is 8.55. The number of hydrogen-bond donors (Lipinski definition) is 0. The Hall–Kier alpha value is -0.920. The fourth-order valence-corrected chi connectivity index (χ4v) is 1.67. The lowest BCUT2D eigenvalue weighted by molar-refractivity contribution is 0.0141. The Bertz CT molecular complexity index is 402. The minimum Gasteiger partial charge on any atom is -0.356 e. The maximum absolute atomic E-state index is 13.6. The van der Waals surface area contributed by atoms with Crippen LogP contribution in [-0.2, 0) is 10.3 Å². The molecule has 0 bridgehead atoms. The van der Waals surface area contributed by atoms with Crippen LogP contribution in [0.3, 0.4) is 0 Å². The molecule has 0 fully saturated rings. The molecule has 1 aromatic rings. The summed E-state index contributed by atoms with van der Waals surface area (Å²) < 4.78 is 19.5. The lowest BCUT2D eigenvalue weighted by atomic mass is 9.97. The number of halogens is 2. The van der Waals surface area contributed by atoms with Gasteiger partial charge in [-0.2, -0.15) is 5.26 Å². The Balaban J connectivity index is 3.19. The average molecular weight is 272 g/mol. The van der Waals surface area contributed by atoms with Crippen molar-refractivity contribution in [2.75, 3.05) is 6.61 Å². The molecule has 0 spiro atoms. The van der Waals surface area contributed by atoms with Crippen molar-refractivity contribution < 1.29 is 9.13 Å².